The minimum absolute atomic E-state index is 0.123. The molecule has 2 heterocycles. The van der Waals surface area contributed by atoms with Gasteiger partial charge >= 0.3 is 4.87 Å². The summed E-state index contributed by atoms with van der Waals surface area (Å²) < 4.78 is 3.65. The Labute approximate surface area is 115 Å². The van der Waals surface area contributed by atoms with Gasteiger partial charge in [-0.2, -0.15) is 0 Å². The molecule has 0 saturated heterocycles. The second kappa shape index (κ2) is 5.24. The zero-order valence-electron chi connectivity index (χ0n) is 11.0. The van der Waals surface area contributed by atoms with E-state index in [9.17, 15) is 4.79 Å². The number of rotatable bonds is 4. The molecule has 3 rings (SSSR count). The van der Waals surface area contributed by atoms with Crippen LogP contribution in [-0.4, -0.2) is 24.8 Å². The van der Waals surface area contributed by atoms with Gasteiger partial charge in [-0.1, -0.05) is 18.3 Å². The van der Waals surface area contributed by atoms with Crippen molar-refractivity contribution in [3.05, 3.63) is 26.1 Å². The number of nitrogens with zero attached hydrogens (tertiary/aromatic N) is 5. The molecule has 6 nitrogen and oxygen atoms in total. The van der Waals surface area contributed by atoms with E-state index in [0.29, 0.717) is 6.54 Å². The molecule has 0 fully saturated rings. The topological polar surface area (TPSA) is 65.6 Å². The van der Waals surface area contributed by atoms with Gasteiger partial charge in [-0.25, -0.2) is 4.68 Å². The van der Waals surface area contributed by atoms with E-state index in [0.717, 1.165) is 31.6 Å². The third-order valence-electron chi connectivity index (χ3n) is 3.49. The smallest absolute Gasteiger partial charge is 0.295 e. The lowest BCUT2D eigenvalue weighted by molar-refractivity contribution is 0.533. The van der Waals surface area contributed by atoms with E-state index in [1.165, 1.54) is 34.7 Å². The molecule has 0 unspecified atom stereocenters. The van der Waals surface area contributed by atoms with Crippen LogP contribution in [0.25, 0.3) is 0 Å². The minimum Gasteiger partial charge on any atom is -0.295 e. The van der Waals surface area contributed by atoms with Gasteiger partial charge < -0.3 is 0 Å². The lowest BCUT2D eigenvalue weighted by Crippen LogP contribution is -2.21. The molecule has 0 aromatic carbocycles. The predicted octanol–water partition coefficient (Wildman–Crippen LogP) is 1.23. The fourth-order valence-corrected chi connectivity index (χ4v) is 3.62. The molecule has 7 heteroatoms. The van der Waals surface area contributed by atoms with Crippen molar-refractivity contribution in [2.45, 2.75) is 52.1 Å². The van der Waals surface area contributed by atoms with Crippen LogP contribution in [-0.2, 0) is 25.9 Å². The highest BCUT2D eigenvalue weighted by Crippen LogP contribution is 2.23. The molecule has 2 aromatic heterocycles. The van der Waals surface area contributed by atoms with Gasteiger partial charge in [0.1, 0.15) is 0 Å². The highest BCUT2D eigenvalue weighted by molar-refractivity contribution is 7.09. The van der Waals surface area contributed by atoms with Gasteiger partial charge in [0.25, 0.3) is 0 Å². The van der Waals surface area contributed by atoms with Crippen LogP contribution in [0.5, 0.6) is 0 Å². The molecular formula is C12H17N5OS. The Hall–Kier alpha value is -1.50. The van der Waals surface area contributed by atoms with Crippen LogP contribution in [0.2, 0.25) is 0 Å². The first-order valence-electron chi connectivity index (χ1n) is 6.76. The van der Waals surface area contributed by atoms with E-state index in [-0.39, 0.29) is 4.87 Å². The van der Waals surface area contributed by atoms with Crippen molar-refractivity contribution < 1.29 is 0 Å². The lowest BCUT2D eigenvalue weighted by atomic mass is 10.0. The van der Waals surface area contributed by atoms with E-state index in [1.807, 2.05) is 4.57 Å². The van der Waals surface area contributed by atoms with Gasteiger partial charge in [-0.05, 0) is 42.5 Å². The summed E-state index contributed by atoms with van der Waals surface area (Å²) in [6.07, 6.45) is 5.39. The third kappa shape index (κ3) is 2.34. The third-order valence-corrected chi connectivity index (χ3v) is 4.57. The molecular weight excluding hydrogens is 262 g/mol. The van der Waals surface area contributed by atoms with Crippen LogP contribution in [0, 0.1) is 0 Å². The number of aryl methyl sites for hydroxylation is 2. The predicted molar refractivity (Wildman–Crippen MR) is 72.4 cm³/mol. The second-order valence-corrected chi connectivity index (χ2v) is 5.90. The number of hydrogen-bond acceptors (Lipinski definition) is 5. The summed E-state index contributed by atoms with van der Waals surface area (Å²) in [5.41, 5.74) is 1.20. The SMILES string of the molecule is CCCn1nnnc1Cn1c2c(sc1=O)CCCC2. The fourth-order valence-electron chi connectivity index (χ4n) is 2.55. The molecule has 0 radical (unpaired) electrons. The molecule has 0 N–H and O–H groups in total. The maximum Gasteiger partial charge on any atom is 0.307 e. The molecule has 0 spiro atoms. The number of tetrazole rings is 1. The zero-order valence-corrected chi connectivity index (χ0v) is 11.8. The number of fused-ring (bicyclic) bond motifs is 1. The van der Waals surface area contributed by atoms with Crippen LogP contribution in [0.3, 0.4) is 0 Å². The summed E-state index contributed by atoms with van der Waals surface area (Å²) in [4.78, 5) is 13.5. The van der Waals surface area contributed by atoms with Crippen molar-refractivity contribution in [2.75, 3.05) is 0 Å². The summed E-state index contributed by atoms with van der Waals surface area (Å²) in [6, 6.07) is 0. The van der Waals surface area contributed by atoms with Crippen LogP contribution in [0.15, 0.2) is 4.79 Å². The van der Waals surface area contributed by atoms with Crippen molar-refractivity contribution in [2.24, 2.45) is 0 Å². The highest BCUT2D eigenvalue weighted by Gasteiger charge is 2.19. The Morgan fingerprint density at radius 2 is 2.16 bits per heavy atom. The largest absolute Gasteiger partial charge is 0.307 e. The molecule has 0 bridgehead atoms. The van der Waals surface area contributed by atoms with Crippen molar-refractivity contribution in [3.8, 4) is 0 Å². The maximum absolute atomic E-state index is 12.1. The molecule has 0 saturated carbocycles. The molecule has 0 atom stereocenters. The molecule has 102 valence electrons. The average Bonchev–Trinajstić information content (AvgIpc) is 2.97. The van der Waals surface area contributed by atoms with Crippen LogP contribution >= 0.6 is 11.3 Å². The fraction of sp³-hybridized carbons (Fsp3) is 0.667. The highest BCUT2D eigenvalue weighted by atomic mass is 32.1. The standard InChI is InChI=1S/C12H17N5OS/c1-2-7-17-11(13-14-15-17)8-16-9-5-3-4-6-10(9)19-12(16)18/h2-8H2,1H3. The minimum atomic E-state index is 0.123. The van der Waals surface area contributed by atoms with E-state index >= 15 is 0 Å². The molecule has 2 aromatic rings. The number of hydrogen-bond donors (Lipinski definition) is 0. The van der Waals surface area contributed by atoms with E-state index < -0.39 is 0 Å². The summed E-state index contributed by atoms with van der Waals surface area (Å²) >= 11 is 1.39. The summed E-state index contributed by atoms with van der Waals surface area (Å²) in [5.74, 6) is 0.773. The monoisotopic (exact) mass is 279 g/mol. The van der Waals surface area contributed by atoms with Gasteiger partial charge in [0.15, 0.2) is 5.82 Å². The first-order valence-corrected chi connectivity index (χ1v) is 7.57. The molecule has 0 amide bonds. The number of thiazole rings is 1. The zero-order chi connectivity index (χ0) is 13.2. The lowest BCUT2D eigenvalue weighted by Gasteiger charge is -2.13. The van der Waals surface area contributed by atoms with E-state index in [2.05, 4.69) is 22.4 Å². The van der Waals surface area contributed by atoms with Gasteiger partial charge in [-0.3, -0.25) is 9.36 Å². The van der Waals surface area contributed by atoms with Crippen LogP contribution in [0.4, 0.5) is 0 Å². The maximum atomic E-state index is 12.1. The second-order valence-electron chi connectivity index (χ2n) is 4.85. The Bertz CT molecular complexity index is 626. The molecule has 1 aliphatic carbocycles. The van der Waals surface area contributed by atoms with Crippen LogP contribution < -0.4 is 4.87 Å². The van der Waals surface area contributed by atoms with Gasteiger partial charge in [0.2, 0.25) is 0 Å². The Morgan fingerprint density at radius 3 is 3.00 bits per heavy atom. The van der Waals surface area contributed by atoms with Gasteiger partial charge in [-0.15, -0.1) is 5.10 Å². The molecule has 0 aliphatic heterocycles. The summed E-state index contributed by atoms with van der Waals surface area (Å²) in [5, 5.41) is 11.7. The van der Waals surface area contributed by atoms with Crippen molar-refractivity contribution in [3.63, 3.8) is 0 Å². The van der Waals surface area contributed by atoms with Crippen LogP contribution in [0.1, 0.15) is 42.6 Å². The normalized spacial score (nSPS) is 14.6. The Kier molecular flexibility index (Phi) is 3.46. The Morgan fingerprint density at radius 1 is 1.32 bits per heavy atom. The van der Waals surface area contributed by atoms with Crippen molar-refractivity contribution >= 4 is 11.3 Å². The van der Waals surface area contributed by atoms with Crippen molar-refractivity contribution in [1.29, 1.82) is 0 Å². The number of aromatic nitrogens is 5. The van der Waals surface area contributed by atoms with Gasteiger partial charge in [0.05, 0.1) is 6.54 Å². The molecule has 1 aliphatic rings. The Balaban J connectivity index is 1.93. The van der Waals surface area contributed by atoms with E-state index in [4.69, 9.17) is 0 Å². The van der Waals surface area contributed by atoms with Gasteiger partial charge in [0, 0.05) is 17.1 Å². The molecule has 19 heavy (non-hydrogen) atoms. The summed E-state index contributed by atoms with van der Waals surface area (Å²) in [7, 11) is 0. The first-order chi connectivity index (χ1) is 9.29. The summed E-state index contributed by atoms with van der Waals surface area (Å²) in [6.45, 7) is 3.38. The first kappa shape index (κ1) is 12.5. The average molecular weight is 279 g/mol. The van der Waals surface area contributed by atoms with Crippen molar-refractivity contribution in [1.82, 2.24) is 24.8 Å². The van der Waals surface area contributed by atoms with E-state index in [1.54, 1.807) is 4.68 Å². The quantitative estimate of drug-likeness (QED) is 0.844.